The fourth-order valence-corrected chi connectivity index (χ4v) is 1.84. The largest absolute Gasteiger partial charge is 0.478 e. The molecule has 8 heteroatoms. The highest BCUT2D eigenvalue weighted by molar-refractivity contribution is 5.88. The monoisotopic (exact) mass is 275 g/mol. The molecule has 1 fully saturated rings. The van der Waals surface area contributed by atoms with Gasteiger partial charge in [-0.25, -0.2) is 14.8 Å². The normalized spacial score (nSPS) is 15.8. The van der Waals surface area contributed by atoms with Crippen LogP contribution >= 0.6 is 0 Å². The maximum Gasteiger partial charge on any atom is 0.401 e. The van der Waals surface area contributed by atoms with Gasteiger partial charge in [0.1, 0.15) is 11.9 Å². The quantitative estimate of drug-likeness (QED) is 0.886. The van der Waals surface area contributed by atoms with E-state index in [9.17, 15) is 18.0 Å². The zero-order valence-electron chi connectivity index (χ0n) is 9.89. The first kappa shape index (κ1) is 13.7. The lowest BCUT2D eigenvalue weighted by molar-refractivity contribution is -0.148. The Labute approximate surface area is 107 Å². The number of halogens is 3. The molecular weight excluding hydrogens is 263 g/mol. The van der Waals surface area contributed by atoms with Crippen LogP contribution in [0.25, 0.3) is 0 Å². The highest BCUT2D eigenvalue weighted by atomic mass is 19.4. The summed E-state index contributed by atoms with van der Waals surface area (Å²) in [5.41, 5.74) is -0.0472. The van der Waals surface area contributed by atoms with E-state index < -0.39 is 18.7 Å². The van der Waals surface area contributed by atoms with Crippen LogP contribution in [0.15, 0.2) is 12.5 Å². The van der Waals surface area contributed by atoms with Crippen molar-refractivity contribution in [3.8, 4) is 0 Å². The highest BCUT2D eigenvalue weighted by Gasteiger charge is 2.38. The predicted octanol–water partition coefficient (Wildman–Crippen LogP) is 1.70. The van der Waals surface area contributed by atoms with Gasteiger partial charge in [0.25, 0.3) is 0 Å². The summed E-state index contributed by atoms with van der Waals surface area (Å²) < 4.78 is 37.4. The van der Waals surface area contributed by atoms with E-state index in [1.807, 2.05) is 0 Å². The number of hydrogen-bond acceptors (Lipinski definition) is 4. The molecule has 0 aromatic carbocycles. The summed E-state index contributed by atoms with van der Waals surface area (Å²) in [5.74, 6) is -1.24. The molecule has 0 atom stereocenters. The summed E-state index contributed by atoms with van der Waals surface area (Å²) in [6.07, 6.45) is -0.671. The van der Waals surface area contributed by atoms with Gasteiger partial charge in [0.05, 0.1) is 12.2 Å². The molecule has 1 saturated carbocycles. The molecule has 104 valence electrons. The third-order valence-electron chi connectivity index (χ3n) is 2.82. The molecule has 1 heterocycles. The van der Waals surface area contributed by atoms with Crippen molar-refractivity contribution in [2.45, 2.75) is 31.6 Å². The van der Waals surface area contributed by atoms with E-state index in [1.165, 1.54) is 4.90 Å². The van der Waals surface area contributed by atoms with Gasteiger partial charge in [-0.05, 0) is 12.8 Å². The highest BCUT2D eigenvalue weighted by Crippen LogP contribution is 2.31. The molecule has 1 N–H and O–H groups in total. The van der Waals surface area contributed by atoms with Gasteiger partial charge in [-0.1, -0.05) is 0 Å². The Kier molecular flexibility index (Phi) is 3.70. The second-order valence-corrected chi connectivity index (χ2v) is 4.44. The van der Waals surface area contributed by atoms with Gasteiger partial charge in [-0.2, -0.15) is 13.2 Å². The number of rotatable bonds is 5. The topological polar surface area (TPSA) is 66.3 Å². The second kappa shape index (κ2) is 5.12. The Hall–Kier alpha value is -1.70. The van der Waals surface area contributed by atoms with E-state index in [0.717, 1.165) is 12.5 Å². The molecule has 0 amide bonds. The molecule has 1 aliphatic carbocycles. The van der Waals surface area contributed by atoms with Gasteiger partial charge >= 0.3 is 12.1 Å². The van der Waals surface area contributed by atoms with Crippen molar-refractivity contribution < 1.29 is 23.1 Å². The molecule has 1 aliphatic rings. The van der Waals surface area contributed by atoms with Crippen LogP contribution in [0, 0.1) is 0 Å². The van der Waals surface area contributed by atoms with Crippen molar-refractivity contribution in [2.24, 2.45) is 0 Å². The van der Waals surface area contributed by atoms with Crippen molar-refractivity contribution in [3.05, 3.63) is 23.8 Å². The first-order valence-electron chi connectivity index (χ1n) is 5.70. The Morgan fingerprint density at radius 3 is 2.68 bits per heavy atom. The first-order chi connectivity index (χ1) is 8.87. The Morgan fingerprint density at radius 2 is 2.16 bits per heavy atom. The lowest BCUT2D eigenvalue weighted by Crippen LogP contribution is -2.36. The number of carbonyl (C=O) groups is 1. The van der Waals surface area contributed by atoms with Crippen molar-refractivity contribution in [2.75, 3.05) is 6.54 Å². The Bertz CT molecular complexity index is 474. The van der Waals surface area contributed by atoms with Gasteiger partial charge in [-0.15, -0.1) is 0 Å². The number of alkyl halides is 3. The van der Waals surface area contributed by atoms with Crippen LogP contribution in [0.3, 0.4) is 0 Å². The fourth-order valence-electron chi connectivity index (χ4n) is 1.84. The van der Waals surface area contributed by atoms with Crippen LogP contribution in [-0.2, 0) is 6.54 Å². The summed E-state index contributed by atoms with van der Waals surface area (Å²) in [5, 5.41) is 8.94. The molecular formula is C11H12F3N3O2. The molecule has 1 aromatic heterocycles. The third kappa shape index (κ3) is 3.88. The molecule has 1 aromatic rings. The van der Waals surface area contributed by atoms with E-state index in [1.54, 1.807) is 0 Å². The zero-order chi connectivity index (χ0) is 14.0. The molecule has 0 bridgehead atoms. The molecule has 2 rings (SSSR count). The molecule has 0 radical (unpaired) electrons. The van der Waals surface area contributed by atoms with E-state index in [4.69, 9.17) is 5.11 Å². The second-order valence-electron chi connectivity index (χ2n) is 4.44. The van der Waals surface area contributed by atoms with Crippen molar-refractivity contribution in [1.82, 2.24) is 14.9 Å². The van der Waals surface area contributed by atoms with Crippen LogP contribution in [-0.4, -0.2) is 44.7 Å². The van der Waals surface area contributed by atoms with Gasteiger partial charge in [-0.3, -0.25) is 4.90 Å². The minimum Gasteiger partial charge on any atom is -0.478 e. The summed E-state index contributed by atoms with van der Waals surface area (Å²) in [6.45, 7) is -1.19. The minimum atomic E-state index is -4.31. The van der Waals surface area contributed by atoms with Gasteiger partial charge < -0.3 is 5.11 Å². The zero-order valence-corrected chi connectivity index (χ0v) is 9.89. The molecule has 0 spiro atoms. The maximum absolute atomic E-state index is 12.5. The van der Waals surface area contributed by atoms with Crippen molar-refractivity contribution >= 4 is 5.97 Å². The SMILES string of the molecule is O=C(O)c1cncnc1CN(CC(F)(F)F)C1CC1. The Balaban J connectivity index is 2.15. The van der Waals surface area contributed by atoms with E-state index in [2.05, 4.69) is 9.97 Å². The number of hydrogen-bond donors (Lipinski definition) is 1. The molecule has 0 unspecified atom stereocenters. The maximum atomic E-state index is 12.5. The standard InChI is InChI=1S/C11H12F3N3O2/c12-11(13,14)5-17(7-1-2-7)4-9-8(10(18)19)3-15-6-16-9/h3,6-7H,1-2,4-5H2,(H,18,19). The number of nitrogens with zero attached hydrogens (tertiary/aromatic N) is 3. The average Bonchev–Trinajstić information content (AvgIpc) is 3.10. The smallest absolute Gasteiger partial charge is 0.401 e. The molecule has 0 aliphatic heterocycles. The van der Waals surface area contributed by atoms with Gasteiger partial charge in [0.15, 0.2) is 0 Å². The fraction of sp³-hybridized carbons (Fsp3) is 0.545. The average molecular weight is 275 g/mol. The van der Waals surface area contributed by atoms with Crippen LogP contribution in [0.5, 0.6) is 0 Å². The first-order valence-corrected chi connectivity index (χ1v) is 5.70. The summed E-state index contributed by atoms with van der Waals surface area (Å²) in [6, 6.07) is -0.141. The van der Waals surface area contributed by atoms with Gasteiger partial charge in [0.2, 0.25) is 0 Å². The summed E-state index contributed by atoms with van der Waals surface area (Å²) in [7, 11) is 0. The van der Waals surface area contributed by atoms with Crippen LogP contribution < -0.4 is 0 Å². The van der Waals surface area contributed by atoms with Crippen LogP contribution in [0.1, 0.15) is 28.9 Å². The van der Waals surface area contributed by atoms with E-state index in [0.29, 0.717) is 12.8 Å². The van der Waals surface area contributed by atoms with Crippen molar-refractivity contribution in [1.29, 1.82) is 0 Å². The van der Waals surface area contributed by atoms with E-state index in [-0.39, 0.29) is 23.8 Å². The number of carboxylic acids is 1. The number of aromatic nitrogens is 2. The number of carboxylic acid groups (broad SMARTS) is 1. The van der Waals surface area contributed by atoms with Crippen LogP contribution in [0.4, 0.5) is 13.2 Å². The third-order valence-corrected chi connectivity index (χ3v) is 2.82. The molecule has 0 saturated heterocycles. The molecule has 19 heavy (non-hydrogen) atoms. The van der Waals surface area contributed by atoms with Crippen molar-refractivity contribution in [3.63, 3.8) is 0 Å². The van der Waals surface area contributed by atoms with Crippen LogP contribution in [0.2, 0.25) is 0 Å². The number of aromatic carboxylic acids is 1. The van der Waals surface area contributed by atoms with Gasteiger partial charge in [0, 0.05) is 18.8 Å². The van der Waals surface area contributed by atoms with E-state index >= 15 is 0 Å². The minimum absolute atomic E-state index is 0.110. The molecule has 5 nitrogen and oxygen atoms in total. The summed E-state index contributed by atoms with van der Waals surface area (Å²) >= 11 is 0. The lowest BCUT2D eigenvalue weighted by Gasteiger charge is -2.23. The predicted molar refractivity (Wildman–Crippen MR) is 58.5 cm³/mol. The summed E-state index contributed by atoms with van der Waals surface area (Å²) in [4.78, 5) is 19.5. The Morgan fingerprint density at radius 1 is 1.47 bits per heavy atom. The lowest BCUT2D eigenvalue weighted by atomic mass is 10.2.